The lowest BCUT2D eigenvalue weighted by atomic mass is 9.73. The van der Waals surface area contributed by atoms with Crippen molar-refractivity contribution in [1.29, 1.82) is 5.26 Å². The van der Waals surface area contributed by atoms with E-state index in [4.69, 9.17) is 53.3 Å². The van der Waals surface area contributed by atoms with Crippen LogP contribution in [-0.2, 0) is 100 Å². The summed E-state index contributed by atoms with van der Waals surface area (Å²) in [5, 5.41) is 48.5. The molecule has 0 spiro atoms. The number of aliphatic carboxylic acids is 4. The van der Waals surface area contributed by atoms with Gasteiger partial charge in [0.25, 0.3) is 0 Å². The number of carbonyl (C=O) groups is 11. The van der Waals surface area contributed by atoms with Crippen LogP contribution in [0.2, 0.25) is 0 Å². The van der Waals surface area contributed by atoms with Gasteiger partial charge in [-0.3, -0.25) is 38.4 Å². The zero-order chi connectivity index (χ0) is 103. The molecule has 0 saturated heterocycles. The zero-order valence-electron chi connectivity index (χ0n) is 86.0. The number of rotatable bonds is 29. The molecule has 0 aliphatic heterocycles. The number of carboxylic acid groups (broad SMARTS) is 4. The standard InChI is InChI=1S/2C17H19NO2.C17H22O2.C13H21NO3.C12H17NO3.C12H15NO2.C12H18O4.C10H17NO2.C7H10O/c2*1-18-15(16(19)20)17(9-12-5-3-2-4-6-12)10-13-7-8-14(13)11-17;1-19-16(18)12-17(9-13-5-3-2-4-6-13)10-14-7-8-15(14)11-17;1-9(15)14-8-13(7-12(16)17-2)5-10-3-4-11(10)6-13;1-16-11(15)6-12(7-13-8-14)4-9-2-3-10(9)5-12;1-2-15-12(14)11(7-13)10-5-8-3-4-9(8)6-10;1-16-11(15)7-12(6-10(13)14)4-8-2-3-9(8)5-12;11-6-10(5-9(12)13)3-7-1-2-8(7)4-10;8-7-3-5-1-2-6(5)4-7/h2*2-6,13-15H,7-11H2,(H,19,20);2-6,14-15H,7-12H2,1H3;10-11H,3-8H2,1-2H3,(H,14,15);9-10H,2-7H2,1H3;8-9H,2-6H2,1H3;8-9H,2-7H2,1H3,(H,13,14);7-8H,1-6,11H2,(H,12,13);5-6H,1-4H2/t2*13-,14+,15?,17?;14-,15+,17?;10-,11+,13?;9-,10+,12?;8-,9+;8-,9+,12?;7-,8+,10?;5-,6+. The highest BCUT2D eigenvalue weighted by atomic mass is 16.5. The first-order valence-electron chi connectivity index (χ1n) is 53.9. The summed E-state index contributed by atoms with van der Waals surface area (Å²) in [7, 11) is 5.70. The largest absolute Gasteiger partial charge is 0.481 e. The van der Waals surface area contributed by atoms with Crippen LogP contribution in [0.3, 0.4) is 0 Å². The number of nitrogens with one attached hydrogen (secondary N) is 1. The van der Waals surface area contributed by atoms with Crippen LogP contribution in [0.1, 0.15) is 300 Å². The van der Waals surface area contributed by atoms with Gasteiger partial charge in [-0.25, -0.2) is 37.3 Å². The summed E-state index contributed by atoms with van der Waals surface area (Å²) in [5.41, 5.74) is 9.54. The van der Waals surface area contributed by atoms with Crippen molar-refractivity contribution < 1.29 is 102 Å². The van der Waals surface area contributed by atoms with Crippen LogP contribution in [0.5, 0.6) is 0 Å². The number of Topliss-reactive ketones (excluding diaryl/α,β-unsaturated/α-hetero) is 1. The van der Waals surface area contributed by atoms with Gasteiger partial charge in [0.1, 0.15) is 17.4 Å². The maximum atomic E-state index is 11.8. The lowest BCUT2D eigenvalue weighted by Gasteiger charge is -2.29. The fraction of sp³-hybridized carbons (Fsp3) is 0.701. The van der Waals surface area contributed by atoms with E-state index in [-0.39, 0.29) is 92.5 Å². The average molecular weight is 1980 g/mol. The number of hydrogen-bond donors (Lipinski definition) is 6. The predicted molar refractivity (Wildman–Crippen MR) is 539 cm³/mol. The number of hydrogen-bond acceptors (Lipinski definition) is 20. The predicted octanol–water partition coefficient (Wildman–Crippen LogP) is 20.2. The molecule has 0 radical (unpaired) electrons. The van der Waals surface area contributed by atoms with E-state index in [0.29, 0.717) is 86.8 Å². The normalized spacial score (nSPS) is 35.0. The van der Waals surface area contributed by atoms with Crippen molar-refractivity contribution in [2.24, 2.45) is 155 Å². The molecule has 3 aromatic carbocycles. The van der Waals surface area contributed by atoms with Gasteiger partial charge < -0.3 is 64.9 Å². The molecule has 27 nitrogen and oxygen atoms in total. The number of nitrogens with two attached hydrogens (primary N) is 1. The number of nitriles is 1. The number of carbonyl (C=O) groups excluding carboxylic acids is 8. The van der Waals surface area contributed by atoms with Crippen molar-refractivity contribution in [3.05, 3.63) is 142 Å². The van der Waals surface area contributed by atoms with Gasteiger partial charge in [0.2, 0.25) is 12.0 Å². The molecule has 7 N–H and O–H groups in total. The van der Waals surface area contributed by atoms with Gasteiger partial charge in [-0.15, -0.1) is 0 Å². The van der Waals surface area contributed by atoms with Crippen LogP contribution in [-0.4, -0.2) is 159 Å². The first kappa shape index (κ1) is 111. The van der Waals surface area contributed by atoms with Gasteiger partial charge in [-0.2, -0.15) is 5.26 Å². The van der Waals surface area contributed by atoms with E-state index in [2.05, 4.69) is 55.1 Å². The third-order valence-electron chi connectivity index (χ3n) is 38.5. The minimum atomic E-state index is -0.947. The van der Waals surface area contributed by atoms with Gasteiger partial charge in [0.05, 0.1) is 90.9 Å². The van der Waals surface area contributed by atoms with E-state index >= 15 is 0 Å². The van der Waals surface area contributed by atoms with E-state index in [1.54, 1.807) is 13.0 Å². The van der Waals surface area contributed by atoms with Crippen LogP contribution < -0.4 is 11.1 Å². The highest BCUT2D eigenvalue weighted by Gasteiger charge is 2.62. The summed E-state index contributed by atoms with van der Waals surface area (Å²) >= 11 is 0. The average Bonchev–Trinajstić information content (AvgIpc) is 1.59. The van der Waals surface area contributed by atoms with Gasteiger partial charge in [0.15, 0.2) is 0 Å². The molecule has 18 aliphatic carbocycles. The summed E-state index contributed by atoms with van der Waals surface area (Å²) in [6.45, 7) is 19.9. The Hall–Kier alpha value is -10.4. The number of isocyanates is 1. The lowest BCUT2D eigenvalue weighted by Crippen LogP contribution is -2.38. The Balaban J connectivity index is 0.000000137. The Morgan fingerprint density at radius 2 is 0.701 bits per heavy atom. The highest BCUT2D eigenvalue weighted by Crippen LogP contribution is 2.65. The molecular formula is C117H158N6O21. The van der Waals surface area contributed by atoms with E-state index < -0.39 is 41.9 Å². The second-order valence-electron chi connectivity index (χ2n) is 47.5. The number of ether oxygens (including phenoxy) is 5. The molecule has 0 heterocycles. The molecule has 144 heavy (non-hydrogen) atoms. The Bertz CT molecular complexity index is 4920. The molecule has 27 atom stereocenters. The van der Waals surface area contributed by atoms with Crippen LogP contribution >= 0.6 is 0 Å². The first-order valence-corrected chi connectivity index (χ1v) is 53.9. The topological polar surface area (TPSA) is 415 Å². The Kier molecular flexibility index (Phi) is 38.4. The number of nitrogens with zero attached hydrogens (tertiary/aromatic N) is 4. The summed E-state index contributed by atoms with van der Waals surface area (Å²) < 4.78 is 24.0. The van der Waals surface area contributed by atoms with Crippen LogP contribution in [0.4, 0.5) is 0 Å². The van der Waals surface area contributed by atoms with Crippen LogP contribution in [0.25, 0.3) is 9.69 Å². The van der Waals surface area contributed by atoms with E-state index in [9.17, 15) is 67.7 Å². The number of aliphatic imine (C=N–C) groups is 1. The maximum absolute atomic E-state index is 11.8. The maximum Gasteiger partial charge on any atom is 0.388 e. The molecule has 27 heteroatoms. The number of methoxy groups -OCH3 is 4. The number of esters is 5. The van der Waals surface area contributed by atoms with Crippen molar-refractivity contribution >= 4 is 71.5 Å². The molecule has 18 fully saturated rings. The monoisotopic (exact) mass is 1980 g/mol. The SMILES string of the molecule is CCOC(=O)C(C#N)=C1C[C@H]2CC[C@H]2C1.COC(=O)CC1(CC(=O)O)C[C@H]2CC[C@H]2C1.COC(=O)CC1(CN=C=O)C[C@H]2CC[C@H]2C1.COC(=O)CC1(CNC(C)=O)C[C@H]2CC[C@H]2C1.COC(=O)CC1(Cc2ccccc2)C[C@H]2CC[C@H]2C1.NCC1(CC(=O)O)C[C@H]2CC[C@H]2C1.O=C1C[C@H]2CC[C@H]2C1.[C-]#[N+]C(C(=O)O)C1(Cc2ccccc2)C[C@H]2CC[C@H]2C1.[C-]#[N+]C(C(=O)O)C1(Cc2ccccc2)C[C@H]2CC[C@H]2C1. The second-order valence-corrected chi connectivity index (χ2v) is 47.5. The molecule has 9 unspecified atom stereocenters. The number of ketones is 1. The molecule has 0 aromatic heterocycles. The Morgan fingerprint density at radius 1 is 0.417 bits per heavy atom. The van der Waals surface area contributed by atoms with Gasteiger partial charge in [0, 0.05) is 31.7 Å². The molecule has 0 bridgehead atoms. The Morgan fingerprint density at radius 3 is 0.986 bits per heavy atom. The highest BCUT2D eigenvalue weighted by molar-refractivity contribution is 5.94. The molecule has 1 amide bonds. The first-order chi connectivity index (χ1) is 69.0. The molecule has 782 valence electrons. The smallest absolute Gasteiger partial charge is 0.388 e. The lowest BCUT2D eigenvalue weighted by molar-refractivity contribution is -0.147. The number of amides is 1. The molecule has 21 rings (SSSR count). The van der Waals surface area contributed by atoms with Gasteiger partial charge in [-0.05, 0) is 401 Å². The minimum absolute atomic E-state index is 0.0199. The van der Waals surface area contributed by atoms with E-state index in [1.165, 1.54) is 169 Å². The van der Waals surface area contributed by atoms with Crippen LogP contribution in [0.15, 0.2) is 107 Å². The van der Waals surface area contributed by atoms with Crippen molar-refractivity contribution in [1.82, 2.24) is 5.32 Å². The van der Waals surface area contributed by atoms with Crippen LogP contribution in [0, 0.1) is 169 Å². The Labute approximate surface area is 851 Å². The van der Waals surface area contributed by atoms with E-state index in [0.717, 1.165) is 210 Å². The molecule has 18 aliphatic rings. The summed E-state index contributed by atoms with van der Waals surface area (Å²) in [6, 6.07) is 30.9. The van der Waals surface area contributed by atoms with Crippen molar-refractivity contribution in [2.75, 3.05) is 54.7 Å². The van der Waals surface area contributed by atoms with Gasteiger partial charge >= 0.3 is 65.8 Å². The van der Waals surface area contributed by atoms with E-state index in [1.807, 2.05) is 66.7 Å². The van der Waals surface area contributed by atoms with Crippen molar-refractivity contribution in [2.45, 2.75) is 315 Å². The number of carboxylic acids is 4. The number of benzene rings is 3. The minimum Gasteiger partial charge on any atom is -0.481 e. The summed E-state index contributed by atoms with van der Waals surface area (Å²) in [5.74, 6) is 9.41. The summed E-state index contributed by atoms with van der Waals surface area (Å²) in [6.07, 6.45) is 46.8. The molecular weight excluding hydrogens is 1830 g/mol. The third-order valence-corrected chi connectivity index (χ3v) is 38.5. The zero-order valence-corrected chi connectivity index (χ0v) is 86.0. The second kappa shape index (κ2) is 49.9. The van der Waals surface area contributed by atoms with Gasteiger partial charge in [-0.1, -0.05) is 91.0 Å². The quantitative estimate of drug-likeness (QED) is 0.00715. The summed E-state index contributed by atoms with van der Waals surface area (Å²) in [4.78, 5) is 145. The molecule has 3 aromatic rings. The fourth-order valence-electron chi connectivity index (χ4n) is 30.2. The van der Waals surface area contributed by atoms with Crippen molar-refractivity contribution in [3.63, 3.8) is 0 Å². The number of fused-ring (bicyclic) bond motifs is 9. The molecule has 18 saturated carbocycles. The third kappa shape index (κ3) is 27.7. The fourth-order valence-corrected chi connectivity index (χ4v) is 30.2. The van der Waals surface area contributed by atoms with Crippen molar-refractivity contribution in [3.8, 4) is 6.07 Å². The number of allylic oxidation sites excluding steroid dienone is 1.